The number of H-pyrrole nitrogens is 1. The van der Waals surface area contributed by atoms with Crippen molar-refractivity contribution in [1.29, 1.82) is 0 Å². The van der Waals surface area contributed by atoms with Crippen molar-refractivity contribution in [3.63, 3.8) is 0 Å². The zero-order chi connectivity index (χ0) is 23.9. The molecule has 4 rings (SSSR count). The van der Waals surface area contributed by atoms with Crippen molar-refractivity contribution in [3.8, 4) is 5.75 Å². The summed E-state index contributed by atoms with van der Waals surface area (Å²) in [6, 6.07) is 10.8. The molecule has 3 heterocycles. The molecule has 0 aliphatic carbocycles. The number of methoxy groups -OCH3 is 1. The summed E-state index contributed by atoms with van der Waals surface area (Å²) >= 11 is 8.16. The van der Waals surface area contributed by atoms with Crippen LogP contribution in [0.15, 0.2) is 42.6 Å². The van der Waals surface area contributed by atoms with Crippen molar-refractivity contribution in [3.05, 3.63) is 68.8 Å². The van der Waals surface area contributed by atoms with Crippen LogP contribution in [0.5, 0.6) is 5.75 Å². The van der Waals surface area contributed by atoms with Gasteiger partial charge < -0.3 is 19.9 Å². The minimum atomic E-state index is -3.45. The van der Waals surface area contributed by atoms with E-state index in [1.807, 2.05) is 36.1 Å². The summed E-state index contributed by atoms with van der Waals surface area (Å²) < 4.78 is 32.6. The highest BCUT2D eigenvalue weighted by atomic mass is 127. The van der Waals surface area contributed by atoms with E-state index < -0.39 is 10.0 Å². The highest BCUT2D eigenvalue weighted by Crippen LogP contribution is 2.45. The van der Waals surface area contributed by atoms with Crippen LogP contribution in [0.1, 0.15) is 34.7 Å². The fourth-order valence-electron chi connectivity index (χ4n) is 4.16. The van der Waals surface area contributed by atoms with E-state index in [1.165, 1.54) is 7.11 Å². The Morgan fingerprint density at radius 3 is 2.55 bits per heavy atom. The largest absolute Gasteiger partial charge is 0.494 e. The summed E-state index contributed by atoms with van der Waals surface area (Å²) in [5.41, 5.74) is 5.30. The van der Waals surface area contributed by atoms with Gasteiger partial charge in [-0.05, 0) is 72.9 Å². The molecule has 1 aromatic carbocycles. The van der Waals surface area contributed by atoms with Crippen molar-refractivity contribution in [2.75, 3.05) is 23.0 Å². The molecule has 0 radical (unpaired) electrons. The van der Waals surface area contributed by atoms with E-state index in [2.05, 4.69) is 49.5 Å². The van der Waals surface area contributed by atoms with Gasteiger partial charge in [-0.3, -0.25) is 9.71 Å². The number of nitrogens with zero attached hydrogens (tertiary/aromatic N) is 2. The van der Waals surface area contributed by atoms with Crippen LogP contribution in [-0.2, 0) is 10.0 Å². The summed E-state index contributed by atoms with van der Waals surface area (Å²) in [5.74, 6) is 0.400. The number of benzene rings is 1. The minimum absolute atomic E-state index is 0.178. The van der Waals surface area contributed by atoms with Gasteiger partial charge in [0.25, 0.3) is 0 Å². The Morgan fingerprint density at radius 2 is 1.97 bits per heavy atom. The average Bonchev–Trinajstić information content (AvgIpc) is 3.22. The van der Waals surface area contributed by atoms with E-state index in [-0.39, 0.29) is 12.1 Å². The highest BCUT2D eigenvalue weighted by molar-refractivity contribution is 14.1. The Hall–Kier alpha value is -2.38. The number of sulfonamides is 1. The number of hydrogen-bond donors (Lipinski definition) is 3. The van der Waals surface area contributed by atoms with Gasteiger partial charge >= 0.3 is 0 Å². The fraction of sp³-hybridized carbons (Fsp3) is 0.273. The van der Waals surface area contributed by atoms with Gasteiger partial charge in [-0.25, -0.2) is 8.42 Å². The monoisotopic (exact) mass is 597 g/mol. The molecule has 0 unspecified atom stereocenters. The average molecular weight is 598 g/mol. The van der Waals surface area contributed by atoms with E-state index >= 15 is 0 Å². The Kier molecular flexibility index (Phi) is 6.56. The molecular formula is C22H24IN5O3S2. The maximum absolute atomic E-state index is 11.8. The summed E-state index contributed by atoms with van der Waals surface area (Å²) in [4.78, 5) is 10.1. The van der Waals surface area contributed by atoms with Gasteiger partial charge in [0.1, 0.15) is 5.75 Å². The molecule has 0 amide bonds. The summed E-state index contributed by atoms with van der Waals surface area (Å²) in [6.07, 6.45) is 2.88. The molecule has 1 saturated heterocycles. The maximum Gasteiger partial charge on any atom is 0.229 e. The summed E-state index contributed by atoms with van der Waals surface area (Å²) in [6.45, 7) is 4.10. The molecule has 1 aliphatic rings. The van der Waals surface area contributed by atoms with E-state index in [9.17, 15) is 8.42 Å². The van der Waals surface area contributed by atoms with E-state index in [0.717, 1.165) is 38.2 Å². The molecule has 1 fully saturated rings. The fourth-order valence-corrected chi connectivity index (χ4v) is 5.93. The van der Waals surface area contributed by atoms with Crippen molar-refractivity contribution in [2.45, 2.75) is 25.9 Å². The first kappa shape index (κ1) is 23.8. The Balaban J connectivity index is 1.86. The standard InChI is InChI=1S/C22H24IN5O3S2/c1-12-18(19(23)13(2)25-12)21-20(16-7-5-6-10-24-16)26-22(32)28(21)14-8-9-15(17(11-14)31-3)27-33(4,29)30/h5-11,20-21,25,27H,1-4H3,(H,26,32)/t20-,21+/m0/s1. The van der Waals surface area contributed by atoms with Gasteiger partial charge in [0.05, 0.1) is 36.8 Å². The van der Waals surface area contributed by atoms with Crippen LogP contribution in [0.25, 0.3) is 0 Å². The molecule has 3 N–H and O–H groups in total. The van der Waals surface area contributed by atoms with Gasteiger partial charge in [-0.2, -0.15) is 0 Å². The third kappa shape index (κ3) is 4.66. The molecule has 0 bridgehead atoms. The summed E-state index contributed by atoms with van der Waals surface area (Å²) in [7, 11) is -1.95. The predicted molar refractivity (Wildman–Crippen MR) is 142 cm³/mol. The molecule has 3 aromatic rings. The van der Waals surface area contributed by atoms with Crippen molar-refractivity contribution < 1.29 is 13.2 Å². The van der Waals surface area contributed by atoms with Crippen LogP contribution in [0.4, 0.5) is 11.4 Å². The lowest BCUT2D eigenvalue weighted by atomic mass is 9.96. The number of aryl methyl sites for hydroxylation is 2. The predicted octanol–water partition coefficient (Wildman–Crippen LogP) is 4.19. The van der Waals surface area contributed by atoms with E-state index in [0.29, 0.717) is 16.5 Å². The zero-order valence-corrected chi connectivity index (χ0v) is 22.3. The third-order valence-corrected chi connectivity index (χ3v) is 7.79. The number of aromatic amines is 1. The molecule has 0 saturated carbocycles. The van der Waals surface area contributed by atoms with Gasteiger partial charge in [0.15, 0.2) is 5.11 Å². The normalized spacial score (nSPS) is 18.3. The smallest absolute Gasteiger partial charge is 0.229 e. The van der Waals surface area contributed by atoms with Crippen LogP contribution in [-0.4, -0.2) is 36.9 Å². The molecular weight excluding hydrogens is 573 g/mol. The second-order valence-corrected chi connectivity index (χ2v) is 11.1. The SMILES string of the molecule is COc1cc(N2C(=S)N[C@@H](c3ccccn3)[C@H]2c2c(C)[nH]c(C)c2I)ccc1NS(C)(=O)=O. The van der Waals surface area contributed by atoms with Crippen molar-refractivity contribution >= 4 is 61.3 Å². The molecule has 8 nitrogen and oxygen atoms in total. The lowest BCUT2D eigenvalue weighted by molar-refractivity contribution is 0.417. The second kappa shape index (κ2) is 9.11. The van der Waals surface area contributed by atoms with Crippen LogP contribution < -0.4 is 19.7 Å². The van der Waals surface area contributed by atoms with Gasteiger partial charge in [0, 0.05) is 38.5 Å². The van der Waals surface area contributed by atoms with Crippen LogP contribution in [0.2, 0.25) is 0 Å². The molecule has 33 heavy (non-hydrogen) atoms. The molecule has 0 spiro atoms. The number of hydrogen-bond acceptors (Lipinski definition) is 5. The summed E-state index contributed by atoms with van der Waals surface area (Å²) in [5, 5.41) is 4.00. The zero-order valence-electron chi connectivity index (χ0n) is 18.5. The molecule has 1 aliphatic heterocycles. The number of halogens is 1. The lowest BCUT2D eigenvalue weighted by Crippen LogP contribution is -2.30. The van der Waals surface area contributed by atoms with Gasteiger partial charge in [-0.1, -0.05) is 6.07 Å². The van der Waals surface area contributed by atoms with E-state index in [4.69, 9.17) is 17.0 Å². The van der Waals surface area contributed by atoms with E-state index in [1.54, 1.807) is 18.3 Å². The number of ether oxygens (including phenoxy) is 1. The number of rotatable bonds is 6. The van der Waals surface area contributed by atoms with Crippen molar-refractivity contribution in [2.24, 2.45) is 0 Å². The number of pyridine rings is 1. The topological polar surface area (TPSA) is 99.3 Å². The van der Waals surface area contributed by atoms with Gasteiger partial charge in [0.2, 0.25) is 10.0 Å². The van der Waals surface area contributed by atoms with Crippen LogP contribution >= 0.6 is 34.8 Å². The van der Waals surface area contributed by atoms with Crippen LogP contribution in [0.3, 0.4) is 0 Å². The molecule has 11 heteroatoms. The molecule has 2 aromatic heterocycles. The number of nitrogens with one attached hydrogen (secondary N) is 3. The molecule has 174 valence electrons. The second-order valence-electron chi connectivity index (χ2n) is 7.86. The first-order chi connectivity index (χ1) is 15.6. The quantitative estimate of drug-likeness (QED) is 0.290. The highest BCUT2D eigenvalue weighted by Gasteiger charge is 2.43. The Bertz CT molecular complexity index is 1310. The Labute approximate surface area is 212 Å². The van der Waals surface area contributed by atoms with Crippen LogP contribution in [0, 0.1) is 17.4 Å². The first-order valence-electron chi connectivity index (χ1n) is 10.1. The first-order valence-corrected chi connectivity index (χ1v) is 13.5. The number of thiocarbonyl (C=S) groups is 1. The number of aromatic nitrogens is 2. The Morgan fingerprint density at radius 1 is 1.21 bits per heavy atom. The minimum Gasteiger partial charge on any atom is -0.494 e. The number of anilines is 2. The lowest BCUT2D eigenvalue weighted by Gasteiger charge is -2.29. The van der Waals surface area contributed by atoms with Gasteiger partial charge in [-0.15, -0.1) is 0 Å². The third-order valence-electron chi connectivity index (χ3n) is 5.50. The van der Waals surface area contributed by atoms with Crippen molar-refractivity contribution in [1.82, 2.24) is 15.3 Å². The molecule has 2 atom stereocenters. The maximum atomic E-state index is 11.8.